The zero-order valence-corrected chi connectivity index (χ0v) is 9.71. The fourth-order valence-electron chi connectivity index (χ4n) is 1.28. The van der Waals surface area contributed by atoms with E-state index in [9.17, 15) is 22.4 Å². The molecule has 7 heteroatoms. The lowest BCUT2D eigenvalue weighted by atomic mass is 10.2. The highest BCUT2D eigenvalue weighted by Crippen LogP contribution is 2.26. The number of benzene rings is 1. The number of carbonyl (C=O) groups excluding carboxylic acids is 1. The third kappa shape index (κ3) is 3.12. The molecule has 0 saturated heterocycles. The van der Waals surface area contributed by atoms with E-state index in [4.69, 9.17) is 4.74 Å². The van der Waals surface area contributed by atoms with E-state index in [1.54, 1.807) is 6.92 Å². The maximum atomic E-state index is 13.4. The molecule has 0 saturated carbocycles. The Bertz CT molecular complexity index is 445. The van der Waals surface area contributed by atoms with E-state index in [1.807, 2.05) is 0 Å². The molecule has 0 atom stereocenters. The second-order valence-corrected chi connectivity index (χ2v) is 3.41. The van der Waals surface area contributed by atoms with Gasteiger partial charge in [0, 0.05) is 18.8 Å². The van der Waals surface area contributed by atoms with Gasteiger partial charge in [0.1, 0.15) is 0 Å². The largest absolute Gasteiger partial charge is 0.491 e. The van der Waals surface area contributed by atoms with Gasteiger partial charge in [-0.15, -0.1) is 0 Å². The number of carbonyl (C=O) groups is 1. The molecule has 0 bridgehead atoms. The monoisotopic (exact) mass is 265 g/mol. The molecule has 0 unspecified atom stereocenters. The maximum absolute atomic E-state index is 13.4. The number of alkyl halides is 3. The molecule has 1 rings (SSSR count). The molecule has 0 aromatic heterocycles. The number of rotatable bonds is 3. The Kier molecular flexibility index (Phi) is 4.15. The molecule has 0 spiro atoms. The van der Waals surface area contributed by atoms with Crippen LogP contribution in [0.5, 0.6) is 5.75 Å². The minimum absolute atomic E-state index is 0.0749. The minimum atomic E-state index is -5.00. The maximum Gasteiger partial charge on any atom is 0.471 e. The van der Waals surface area contributed by atoms with E-state index in [2.05, 4.69) is 0 Å². The van der Waals surface area contributed by atoms with Crippen LogP contribution >= 0.6 is 0 Å². The zero-order valence-electron chi connectivity index (χ0n) is 9.71. The van der Waals surface area contributed by atoms with E-state index in [0.29, 0.717) is 4.90 Å². The van der Waals surface area contributed by atoms with Gasteiger partial charge in [0.25, 0.3) is 0 Å². The predicted molar refractivity (Wildman–Crippen MR) is 57.0 cm³/mol. The highest BCUT2D eigenvalue weighted by atomic mass is 19.4. The molecule has 0 aliphatic carbocycles. The van der Waals surface area contributed by atoms with Crippen LogP contribution < -0.4 is 9.64 Å². The number of nitrogens with zero attached hydrogens (tertiary/aromatic N) is 1. The summed E-state index contributed by atoms with van der Waals surface area (Å²) in [5.41, 5.74) is -0.196. The molecular weight excluding hydrogens is 254 g/mol. The predicted octanol–water partition coefficient (Wildman–Crippen LogP) is 2.75. The van der Waals surface area contributed by atoms with Crippen molar-refractivity contribution in [2.45, 2.75) is 13.1 Å². The fourth-order valence-corrected chi connectivity index (χ4v) is 1.28. The van der Waals surface area contributed by atoms with Crippen molar-refractivity contribution < 1.29 is 27.1 Å². The molecule has 0 fully saturated rings. The standard InChI is InChI=1S/C11H11F4NO2/c1-3-18-9-5-4-7(6-8(9)12)16(2)10(17)11(13,14)15/h4-6H,3H2,1-2H3. The van der Waals surface area contributed by atoms with Crippen LogP contribution in [0.2, 0.25) is 0 Å². The summed E-state index contributed by atoms with van der Waals surface area (Å²) in [6.07, 6.45) is -5.00. The van der Waals surface area contributed by atoms with Gasteiger partial charge in [-0.25, -0.2) is 4.39 Å². The summed E-state index contributed by atoms with van der Waals surface area (Å²) in [5.74, 6) is -2.96. The van der Waals surface area contributed by atoms with Crippen molar-refractivity contribution in [3.8, 4) is 5.75 Å². The van der Waals surface area contributed by atoms with Crippen molar-refractivity contribution in [2.75, 3.05) is 18.6 Å². The Labute approximate surface area is 101 Å². The van der Waals surface area contributed by atoms with Crippen LogP contribution in [0.25, 0.3) is 0 Å². The SMILES string of the molecule is CCOc1ccc(N(C)C(=O)C(F)(F)F)cc1F. The minimum Gasteiger partial charge on any atom is -0.491 e. The first kappa shape index (κ1) is 14.3. The molecule has 100 valence electrons. The Morgan fingerprint density at radius 3 is 2.44 bits per heavy atom. The molecule has 1 amide bonds. The molecule has 1 aromatic carbocycles. The Balaban J connectivity index is 2.98. The summed E-state index contributed by atoms with van der Waals surface area (Å²) in [7, 11) is 0.922. The molecule has 0 aliphatic rings. The average Bonchev–Trinajstić information content (AvgIpc) is 2.29. The average molecular weight is 265 g/mol. The first-order chi connectivity index (χ1) is 8.27. The first-order valence-electron chi connectivity index (χ1n) is 5.04. The van der Waals surface area contributed by atoms with Crippen LogP contribution in [0.3, 0.4) is 0 Å². The summed E-state index contributed by atoms with van der Waals surface area (Å²) in [6, 6.07) is 3.17. The van der Waals surface area contributed by atoms with Crippen LogP contribution in [0.1, 0.15) is 6.92 Å². The van der Waals surface area contributed by atoms with Crippen LogP contribution in [0, 0.1) is 5.82 Å². The third-order valence-electron chi connectivity index (χ3n) is 2.15. The summed E-state index contributed by atoms with van der Waals surface area (Å²) in [4.78, 5) is 11.3. The molecule has 0 radical (unpaired) electrons. The molecule has 0 aliphatic heterocycles. The van der Waals surface area contributed by atoms with Crippen LogP contribution in [-0.4, -0.2) is 25.7 Å². The summed E-state index contributed by atoms with van der Waals surface area (Å²) in [5, 5.41) is 0. The molecule has 3 nitrogen and oxygen atoms in total. The summed E-state index contributed by atoms with van der Waals surface area (Å²) >= 11 is 0. The van der Waals surface area contributed by atoms with Crippen molar-refractivity contribution in [3.05, 3.63) is 24.0 Å². The highest BCUT2D eigenvalue weighted by Gasteiger charge is 2.41. The van der Waals surface area contributed by atoms with Crippen molar-refractivity contribution >= 4 is 11.6 Å². The Morgan fingerprint density at radius 1 is 1.39 bits per heavy atom. The second kappa shape index (κ2) is 5.24. The van der Waals surface area contributed by atoms with Gasteiger partial charge in [-0.3, -0.25) is 4.79 Å². The van der Waals surface area contributed by atoms with Gasteiger partial charge in [-0.2, -0.15) is 13.2 Å². The second-order valence-electron chi connectivity index (χ2n) is 3.41. The topological polar surface area (TPSA) is 29.5 Å². The Morgan fingerprint density at radius 2 is 2.00 bits per heavy atom. The smallest absolute Gasteiger partial charge is 0.471 e. The molecule has 0 heterocycles. The Hall–Kier alpha value is -1.79. The fraction of sp³-hybridized carbons (Fsp3) is 0.364. The number of anilines is 1. The number of hydrogen-bond acceptors (Lipinski definition) is 2. The summed E-state index contributed by atoms with van der Waals surface area (Å²) < 4.78 is 54.8. The molecule has 0 N–H and O–H groups in total. The lowest BCUT2D eigenvalue weighted by Crippen LogP contribution is -2.38. The van der Waals surface area contributed by atoms with E-state index in [0.717, 1.165) is 13.1 Å². The van der Waals surface area contributed by atoms with E-state index in [-0.39, 0.29) is 18.0 Å². The molecular formula is C11H11F4NO2. The van der Waals surface area contributed by atoms with E-state index >= 15 is 0 Å². The number of hydrogen-bond donors (Lipinski definition) is 0. The van der Waals surface area contributed by atoms with E-state index in [1.165, 1.54) is 12.1 Å². The molecule has 1 aromatic rings. The quantitative estimate of drug-likeness (QED) is 0.786. The first-order valence-corrected chi connectivity index (χ1v) is 5.04. The number of amides is 1. The normalized spacial score (nSPS) is 11.2. The van der Waals surface area contributed by atoms with Crippen molar-refractivity contribution in [2.24, 2.45) is 0 Å². The summed E-state index contributed by atoms with van der Waals surface area (Å²) in [6.45, 7) is 1.88. The van der Waals surface area contributed by atoms with Crippen LogP contribution in [-0.2, 0) is 4.79 Å². The van der Waals surface area contributed by atoms with Crippen molar-refractivity contribution in [3.63, 3.8) is 0 Å². The number of ether oxygens (including phenoxy) is 1. The lowest BCUT2D eigenvalue weighted by Gasteiger charge is -2.19. The highest BCUT2D eigenvalue weighted by molar-refractivity contribution is 5.96. The number of halogens is 4. The van der Waals surface area contributed by atoms with Gasteiger partial charge < -0.3 is 9.64 Å². The van der Waals surface area contributed by atoms with Crippen LogP contribution in [0.15, 0.2) is 18.2 Å². The van der Waals surface area contributed by atoms with Crippen LogP contribution in [0.4, 0.5) is 23.2 Å². The van der Waals surface area contributed by atoms with E-state index < -0.39 is 17.9 Å². The lowest BCUT2D eigenvalue weighted by molar-refractivity contribution is -0.170. The van der Waals surface area contributed by atoms with Gasteiger partial charge >= 0.3 is 12.1 Å². The van der Waals surface area contributed by atoms with Gasteiger partial charge in [0.15, 0.2) is 11.6 Å². The zero-order chi connectivity index (χ0) is 13.9. The van der Waals surface area contributed by atoms with Crippen molar-refractivity contribution in [1.82, 2.24) is 0 Å². The van der Waals surface area contributed by atoms with Gasteiger partial charge in [0.2, 0.25) is 0 Å². The molecule has 18 heavy (non-hydrogen) atoms. The van der Waals surface area contributed by atoms with Gasteiger partial charge in [-0.1, -0.05) is 0 Å². The third-order valence-corrected chi connectivity index (χ3v) is 2.15. The van der Waals surface area contributed by atoms with Crippen molar-refractivity contribution in [1.29, 1.82) is 0 Å². The van der Waals surface area contributed by atoms with Gasteiger partial charge in [-0.05, 0) is 19.1 Å². The van der Waals surface area contributed by atoms with Gasteiger partial charge in [0.05, 0.1) is 6.61 Å².